The maximum atomic E-state index is 12.9. The Balaban J connectivity index is 1.24. The van der Waals surface area contributed by atoms with Crippen LogP contribution in [0.1, 0.15) is 45.2 Å². The molecule has 1 N–H and O–H groups in total. The Morgan fingerprint density at radius 1 is 1.07 bits per heavy atom. The number of halogens is 3. The summed E-state index contributed by atoms with van der Waals surface area (Å²) in [5.74, 6) is 0.860. The van der Waals surface area contributed by atoms with Gasteiger partial charge in [0.2, 0.25) is 0 Å². The van der Waals surface area contributed by atoms with E-state index in [0.717, 1.165) is 29.3 Å². The Kier molecular flexibility index (Phi) is 4.93. The predicted octanol–water partition coefficient (Wildman–Crippen LogP) is 3.64. The van der Waals surface area contributed by atoms with Gasteiger partial charge in [-0.3, -0.25) is 9.80 Å². The summed E-state index contributed by atoms with van der Waals surface area (Å²) in [6.45, 7) is 6.04. The highest BCUT2D eigenvalue weighted by Crippen LogP contribution is 2.48. The molecule has 5 heterocycles. The van der Waals surface area contributed by atoms with Crippen LogP contribution in [0.25, 0.3) is 0 Å². The highest BCUT2D eigenvalue weighted by molar-refractivity contribution is 5.55. The van der Waals surface area contributed by atoms with Crippen LogP contribution in [-0.2, 0) is 0 Å². The number of alkyl halides is 3. The van der Waals surface area contributed by atoms with Crippen LogP contribution >= 0.6 is 0 Å². The summed E-state index contributed by atoms with van der Waals surface area (Å²) in [5, 5.41) is 3.75. The van der Waals surface area contributed by atoms with Gasteiger partial charge in [-0.2, -0.15) is 13.2 Å². The number of pyridine rings is 1. The first-order valence-corrected chi connectivity index (χ1v) is 11.3. The van der Waals surface area contributed by atoms with Crippen molar-refractivity contribution in [3.63, 3.8) is 0 Å². The van der Waals surface area contributed by atoms with Crippen LogP contribution in [0, 0.1) is 6.92 Å². The fraction of sp³-hybridized carbons (Fsp3) is 0.773. The molecule has 0 spiro atoms. The predicted molar refractivity (Wildman–Crippen MR) is 112 cm³/mol. The van der Waals surface area contributed by atoms with E-state index in [9.17, 15) is 13.2 Å². The first kappa shape index (κ1) is 20.4. The molecule has 8 heteroatoms. The van der Waals surface area contributed by atoms with E-state index < -0.39 is 12.7 Å². The molecule has 0 amide bonds. The summed E-state index contributed by atoms with van der Waals surface area (Å²) < 4.78 is 38.7. The second-order valence-electron chi connectivity index (χ2n) is 9.81. The van der Waals surface area contributed by atoms with Crippen LogP contribution < -0.4 is 10.2 Å². The van der Waals surface area contributed by atoms with Gasteiger partial charge < -0.3 is 10.2 Å². The topological polar surface area (TPSA) is 34.6 Å². The molecule has 30 heavy (non-hydrogen) atoms. The van der Waals surface area contributed by atoms with Crippen LogP contribution in [0.5, 0.6) is 0 Å². The molecular weight excluding hydrogens is 391 g/mol. The lowest BCUT2D eigenvalue weighted by Crippen LogP contribution is -2.59. The van der Waals surface area contributed by atoms with E-state index in [4.69, 9.17) is 4.98 Å². The monoisotopic (exact) mass is 423 g/mol. The number of anilines is 2. The fourth-order valence-corrected chi connectivity index (χ4v) is 6.38. The lowest BCUT2D eigenvalue weighted by Gasteiger charge is -2.45. The molecule has 4 fully saturated rings. The zero-order chi connectivity index (χ0) is 21.2. The van der Waals surface area contributed by atoms with Crippen molar-refractivity contribution in [1.29, 1.82) is 0 Å². The number of aryl methyl sites for hydroxylation is 1. The third-order valence-electron chi connectivity index (χ3n) is 7.76. The van der Waals surface area contributed by atoms with E-state index in [0.29, 0.717) is 25.2 Å². The summed E-state index contributed by atoms with van der Waals surface area (Å²) in [5.41, 5.74) is 2.05. The van der Waals surface area contributed by atoms with Crippen LogP contribution in [0.4, 0.5) is 24.7 Å². The summed E-state index contributed by atoms with van der Waals surface area (Å²) in [7, 11) is 0. The van der Waals surface area contributed by atoms with Gasteiger partial charge in [0, 0.05) is 49.3 Å². The van der Waals surface area contributed by atoms with Crippen molar-refractivity contribution < 1.29 is 13.2 Å². The normalized spacial score (nSPS) is 36.7. The number of nitrogens with zero attached hydrogens (tertiary/aromatic N) is 4. The van der Waals surface area contributed by atoms with Crippen LogP contribution in [0.15, 0.2) is 12.1 Å². The van der Waals surface area contributed by atoms with Gasteiger partial charge in [-0.15, -0.1) is 0 Å². The third kappa shape index (κ3) is 3.55. The number of hydrogen-bond acceptors (Lipinski definition) is 5. The fourth-order valence-electron chi connectivity index (χ4n) is 6.38. The van der Waals surface area contributed by atoms with E-state index in [1.807, 2.05) is 26.8 Å². The molecular formula is C22H32F3N5. The molecule has 0 bridgehead atoms. The maximum absolute atomic E-state index is 12.9. The largest absolute Gasteiger partial charge is 0.401 e. The highest BCUT2D eigenvalue weighted by atomic mass is 19.4. The molecule has 6 unspecified atom stereocenters. The Morgan fingerprint density at radius 2 is 1.73 bits per heavy atom. The van der Waals surface area contributed by atoms with Crippen LogP contribution in [-0.4, -0.2) is 76.8 Å². The first-order chi connectivity index (χ1) is 14.2. The van der Waals surface area contributed by atoms with Gasteiger partial charge in [0.05, 0.1) is 17.9 Å². The quantitative estimate of drug-likeness (QED) is 0.800. The van der Waals surface area contributed by atoms with E-state index >= 15 is 0 Å². The number of rotatable bonds is 4. The SMILES string of the molecule is Cc1nc(N2CC(C)N(CC(F)(F)F)C(C)C2)ccc1NC1CC2CCC3CC1N23. The second kappa shape index (κ2) is 7.26. The maximum Gasteiger partial charge on any atom is 0.401 e. The number of piperazine rings is 1. The lowest BCUT2D eigenvalue weighted by atomic mass is 9.89. The molecule has 0 aliphatic carbocycles. The zero-order valence-corrected chi connectivity index (χ0v) is 18.0. The second-order valence-corrected chi connectivity index (χ2v) is 9.81. The molecule has 0 radical (unpaired) electrons. The number of hydrogen-bond donors (Lipinski definition) is 1. The van der Waals surface area contributed by atoms with Crippen LogP contribution in [0.2, 0.25) is 0 Å². The minimum absolute atomic E-state index is 0.172. The van der Waals surface area contributed by atoms with Crippen molar-refractivity contribution in [1.82, 2.24) is 14.8 Å². The Labute approximate surface area is 176 Å². The van der Waals surface area contributed by atoms with E-state index in [-0.39, 0.29) is 12.1 Å². The highest BCUT2D eigenvalue weighted by Gasteiger charge is 2.55. The lowest BCUT2D eigenvalue weighted by molar-refractivity contribution is -0.156. The Bertz CT molecular complexity index is 787. The summed E-state index contributed by atoms with van der Waals surface area (Å²) in [6.07, 6.45) is 1.08. The average Bonchev–Trinajstić information content (AvgIpc) is 3.06. The molecule has 0 aromatic carbocycles. The molecule has 166 valence electrons. The van der Waals surface area contributed by atoms with Gasteiger partial charge in [-0.25, -0.2) is 4.98 Å². The summed E-state index contributed by atoms with van der Waals surface area (Å²) in [4.78, 5) is 11.2. The Hall–Kier alpha value is -1.54. The van der Waals surface area contributed by atoms with Gasteiger partial charge in [-0.05, 0) is 58.6 Å². The molecule has 5 rings (SSSR count). The van der Waals surface area contributed by atoms with Crippen molar-refractivity contribution in [2.45, 2.75) is 88.9 Å². The van der Waals surface area contributed by atoms with Gasteiger partial charge in [0.25, 0.3) is 0 Å². The average molecular weight is 424 g/mol. The van der Waals surface area contributed by atoms with Crippen molar-refractivity contribution in [2.24, 2.45) is 0 Å². The van der Waals surface area contributed by atoms with E-state index in [2.05, 4.69) is 21.2 Å². The van der Waals surface area contributed by atoms with Gasteiger partial charge in [-0.1, -0.05) is 0 Å². The van der Waals surface area contributed by atoms with Crippen molar-refractivity contribution >= 4 is 11.5 Å². The molecule has 1 aromatic rings. The first-order valence-electron chi connectivity index (χ1n) is 11.3. The molecule has 4 saturated heterocycles. The molecule has 1 aromatic heterocycles. The van der Waals surface area contributed by atoms with E-state index in [1.165, 1.54) is 25.7 Å². The van der Waals surface area contributed by atoms with Crippen molar-refractivity contribution in [2.75, 3.05) is 29.9 Å². The van der Waals surface area contributed by atoms with Gasteiger partial charge in [0.1, 0.15) is 5.82 Å². The minimum Gasteiger partial charge on any atom is -0.379 e. The molecule has 0 saturated carbocycles. The molecule has 4 aliphatic heterocycles. The Morgan fingerprint density at radius 3 is 2.33 bits per heavy atom. The molecule has 4 aliphatic rings. The third-order valence-corrected chi connectivity index (χ3v) is 7.76. The summed E-state index contributed by atoms with van der Waals surface area (Å²) >= 11 is 0. The standard InChI is InChI=1S/C22H32F3N5/c1-13-10-28(11-14(2)29(13)12-22(23,24)25)21-7-6-18(15(3)26-21)27-19-8-16-4-5-17-9-20(19)30(16)17/h6-7,13-14,16-17,19-20,27H,4-5,8-12H2,1-3H3. The zero-order valence-electron chi connectivity index (χ0n) is 18.0. The molecule has 5 nitrogen and oxygen atoms in total. The summed E-state index contributed by atoms with van der Waals surface area (Å²) in [6, 6.07) is 6.54. The van der Waals surface area contributed by atoms with Crippen LogP contribution in [0.3, 0.4) is 0 Å². The molecule has 6 atom stereocenters. The van der Waals surface area contributed by atoms with Crippen molar-refractivity contribution in [3.05, 3.63) is 17.8 Å². The van der Waals surface area contributed by atoms with Gasteiger partial charge >= 0.3 is 6.18 Å². The number of nitrogens with one attached hydrogen (secondary N) is 1. The minimum atomic E-state index is -4.16. The number of aromatic nitrogens is 1. The van der Waals surface area contributed by atoms with E-state index in [1.54, 1.807) is 4.90 Å². The smallest absolute Gasteiger partial charge is 0.379 e. The van der Waals surface area contributed by atoms with Gasteiger partial charge in [0.15, 0.2) is 0 Å². The van der Waals surface area contributed by atoms with Crippen molar-refractivity contribution in [3.8, 4) is 0 Å².